The van der Waals surface area contributed by atoms with E-state index in [-0.39, 0.29) is 17.4 Å². The number of fused-ring (bicyclic) bond motifs is 1. The van der Waals surface area contributed by atoms with Gasteiger partial charge in [-0.05, 0) is 49.9 Å². The van der Waals surface area contributed by atoms with Gasteiger partial charge >= 0.3 is 0 Å². The van der Waals surface area contributed by atoms with Crippen molar-refractivity contribution in [2.45, 2.75) is 31.7 Å². The molecule has 1 saturated heterocycles. The van der Waals surface area contributed by atoms with Crippen LogP contribution in [0.2, 0.25) is 0 Å². The molecule has 25 heavy (non-hydrogen) atoms. The molecule has 2 aliphatic rings. The summed E-state index contributed by atoms with van der Waals surface area (Å²) in [6.45, 7) is 3.06. The predicted octanol–water partition coefficient (Wildman–Crippen LogP) is 2.35. The van der Waals surface area contributed by atoms with Crippen molar-refractivity contribution in [3.8, 4) is 0 Å². The van der Waals surface area contributed by atoms with Crippen molar-refractivity contribution in [2.75, 3.05) is 13.1 Å². The van der Waals surface area contributed by atoms with Crippen molar-refractivity contribution in [3.63, 3.8) is 0 Å². The second-order valence-electron chi connectivity index (χ2n) is 7.00. The Hall–Kier alpha value is -2.69. The zero-order valence-electron chi connectivity index (χ0n) is 14.3. The SMILES string of the molecule is Cc1ncccc1C(=O)N1CC[C@@]2(CCc3ccccc3C(=O)N2)C1. The van der Waals surface area contributed by atoms with E-state index in [9.17, 15) is 9.59 Å². The van der Waals surface area contributed by atoms with E-state index in [0.717, 1.165) is 36.1 Å². The van der Waals surface area contributed by atoms with Crippen molar-refractivity contribution < 1.29 is 9.59 Å². The fraction of sp³-hybridized carbons (Fsp3) is 0.350. The summed E-state index contributed by atoms with van der Waals surface area (Å²) >= 11 is 0. The van der Waals surface area contributed by atoms with Gasteiger partial charge in [0.2, 0.25) is 0 Å². The van der Waals surface area contributed by atoms with Crippen molar-refractivity contribution in [1.82, 2.24) is 15.2 Å². The van der Waals surface area contributed by atoms with E-state index in [1.165, 1.54) is 0 Å². The van der Waals surface area contributed by atoms with Gasteiger partial charge < -0.3 is 10.2 Å². The van der Waals surface area contributed by atoms with Gasteiger partial charge in [0.15, 0.2) is 0 Å². The lowest BCUT2D eigenvalue weighted by Gasteiger charge is -2.29. The smallest absolute Gasteiger partial charge is 0.255 e. The second kappa shape index (κ2) is 5.99. The van der Waals surface area contributed by atoms with E-state index < -0.39 is 0 Å². The van der Waals surface area contributed by atoms with E-state index >= 15 is 0 Å². The first-order chi connectivity index (χ1) is 12.1. The lowest BCUT2D eigenvalue weighted by Crippen LogP contribution is -2.50. The van der Waals surface area contributed by atoms with Gasteiger partial charge in [-0.25, -0.2) is 0 Å². The van der Waals surface area contributed by atoms with E-state index in [0.29, 0.717) is 18.7 Å². The van der Waals surface area contributed by atoms with Gasteiger partial charge in [-0.1, -0.05) is 18.2 Å². The van der Waals surface area contributed by atoms with Crippen LogP contribution >= 0.6 is 0 Å². The van der Waals surface area contributed by atoms with E-state index in [4.69, 9.17) is 0 Å². The average Bonchev–Trinajstić information content (AvgIpc) is 2.98. The fourth-order valence-corrected chi connectivity index (χ4v) is 3.94. The minimum atomic E-state index is -0.331. The molecule has 2 amide bonds. The van der Waals surface area contributed by atoms with Gasteiger partial charge in [-0.15, -0.1) is 0 Å². The molecular formula is C20H21N3O2. The highest BCUT2D eigenvalue weighted by Crippen LogP contribution is 2.31. The maximum absolute atomic E-state index is 12.9. The molecule has 5 heteroatoms. The number of carbonyl (C=O) groups is 2. The number of amides is 2. The Morgan fingerprint density at radius 1 is 1.20 bits per heavy atom. The quantitative estimate of drug-likeness (QED) is 0.870. The monoisotopic (exact) mass is 335 g/mol. The summed E-state index contributed by atoms with van der Waals surface area (Å²) in [7, 11) is 0. The standard InChI is InChI=1S/C20H21N3O2/c1-14-16(7-4-11-21-14)19(25)23-12-10-20(13-23)9-8-15-5-2-3-6-17(15)18(24)22-20/h2-7,11H,8-10,12-13H2,1H3,(H,22,24)/t20-/m0/s1. The number of aryl methyl sites for hydroxylation is 2. The molecule has 1 atom stereocenters. The number of rotatable bonds is 1. The van der Waals surface area contributed by atoms with E-state index in [2.05, 4.69) is 10.3 Å². The summed E-state index contributed by atoms with van der Waals surface area (Å²) in [6.07, 6.45) is 4.19. The van der Waals surface area contributed by atoms with Crippen LogP contribution < -0.4 is 5.32 Å². The summed E-state index contributed by atoms with van der Waals surface area (Å²) in [5.74, 6) is -0.0292. The van der Waals surface area contributed by atoms with Crippen LogP contribution in [0.4, 0.5) is 0 Å². The predicted molar refractivity (Wildman–Crippen MR) is 94.5 cm³/mol. The minimum Gasteiger partial charge on any atom is -0.345 e. The number of hydrogen-bond acceptors (Lipinski definition) is 3. The normalized spacial score (nSPS) is 22.4. The molecule has 5 nitrogen and oxygen atoms in total. The maximum atomic E-state index is 12.9. The molecule has 0 unspecified atom stereocenters. The first-order valence-corrected chi connectivity index (χ1v) is 8.69. The maximum Gasteiger partial charge on any atom is 0.255 e. The molecule has 0 saturated carbocycles. The van der Waals surface area contributed by atoms with Gasteiger partial charge in [0, 0.05) is 30.5 Å². The molecule has 2 aliphatic heterocycles. The number of carbonyl (C=O) groups excluding carboxylic acids is 2. The molecule has 1 fully saturated rings. The third kappa shape index (κ3) is 2.80. The van der Waals surface area contributed by atoms with E-state index in [1.54, 1.807) is 12.3 Å². The minimum absolute atomic E-state index is 0.00140. The number of likely N-dealkylation sites (tertiary alicyclic amines) is 1. The summed E-state index contributed by atoms with van der Waals surface area (Å²) in [5.41, 5.74) is 2.90. The van der Waals surface area contributed by atoms with Crippen LogP contribution in [0.15, 0.2) is 42.6 Å². The summed E-state index contributed by atoms with van der Waals surface area (Å²) in [6, 6.07) is 11.4. The molecule has 0 radical (unpaired) electrons. The zero-order chi connectivity index (χ0) is 17.4. The molecule has 4 rings (SSSR count). The van der Waals surface area contributed by atoms with Crippen LogP contribution in [-0.4, -0.2) is 40.3 Å². The molecule has 3 heterocycles. The molecule has 128 valence electrons. The topological polar surface area (TPSA) is 62.3 Å². The van der Waals surface area contributed by atoms with Gasteiger partial charge in [0.25, 0.3) is 11.8 Å². The molecule has 0 bridgehead atoms. The molecule has 1 spiro atoms. The first kappa shape index (κ1) is 15.8. The number of nitrogens with zero attached hydrogens (tertiary/aromatic N) is 2. The third-order valence-electron chi connectivity index (χ3n) is 5.39. The van der Waals surface area contributed by atoms with Gasteiger partial charge in [-0.2, -0.15) is 0 Å². The molecule has 2 aromatic rings. The molecular weight excluding hydrogens is 314 g/mol. The molecule has 1 aromatic heterocycles. The van der Waals surface area contributed by atoms with Gasteiger partial charge in [0.1, 0.15) is 0 Å². The fourth-order valence-electron chi connectivity index (χ4n) is 3.94. The molecule has 1 aromatic carbocycles. The first-order valence-electron chi connectivity index (χ1n) is 8.69. The van der Waals surface area contributed by atoms with Crippen LogP contribution in [-0.2, 0) is 6.42 Å². The highest BCUT2D eigenvalue weighted by molar-refractivity contribution is 5.97. The lowest BCUT2D eigenvalue weighted by molar-refractivity contribution is 0.0763. The van der Waals surface area contributed by atoms with Crippen molar-refractivity contribution in [1.29, 1.82) is 0 Å². The Morgan fingerprint density at radius 3 is 2.88 bits per heavy atom. The van der Waals surface area contributed by atoms with Crippen molar-refractivity contribution in [3.05, 3.63) is 65.0 Å². The van der Waals surface area contributed by atoms with Crippen molar-refractivity contribution in [2.24, 2.45) is 0 Å². The average molecular weight is 335 g/mol. The number of pyridine rings is 1. The van der Waals surface area contributed by atoms with Crippen LogP contribution in [0, 0.1) is 6.92 Å². The number of nitrogens with one attached hydrogen (secondary N) is 1. The highest BCUT2D eigenvalue weighted by Gasteiger charge is 2.42. The Bertz CT molecular complexity index is 848. The second-order valence-corrected chi connectivity index (χ2v) is 7.00. The number of benzene rings is 1. The Labute approximate surface area is 147 Å². The zero-order valence-corrected chi connectivity index (χ0v) is 14.3. The largest absolute Gasteiger partial charge is 0.345 e. The third-order valence-corrected chi connectivity index (χ3v) is 5.39. The highest BCUT2D eigenvalue weighted by atomic mass is 16.2. The Kier molecular flexibility index (Phi) is 3.79. The Balaban J connectivity index is 1.55. The molecule has 1 N–H and O–H groups in total. The van der Waals surface area contributed by atoms with Crippen LogP contribution in [0.5, 0.6) is 0 Å². The summed E-state index contributed by atoms with van der Waals surface area (Å²) in [5, 5.41) is 3.21. The summed E-state index contributed by atoms with van der Waals surface area (Å²) < 4.78 is 0. The van der Waals surface area contributed by atoms with E-state index in [1.807, 2.05) is 42.2 Å². The van der Waals surface area contributed by atoms with Gasteiger partial charge in [0.05, 0.1) is 11.1 Å². The summed E-state index contributed by atoms with van der Waals surface area (Å²) in [4.78, 5) is 31.6. The van der Waals surface area contributed by atoms with Crippen LogP contribution in [0.25, 0.3) is 0 Å². The number of hydrogen-bond donors (Lipinski definition) is 1. The lowest BCUT2D eigenvalue weighted by atomic mass is 9.91. The van der Waals surface area contributed by atoms with Crippen LogP contribution in [0.1, 0.15) is 44.8 Å². The van der Waals surface area contributed by atoms with Crippen molar-refractivity contribution >= 4 is 11.8 Å². The molecule has 0 aliphatic carbocycles. The Morgan fingerprint density at radius 2 is 2.04 bits per heavy atom. The van der Waals surface area contributed by atoms with Crippen LogP contribution in [0.3, 0.4) is 0 Å². The number of aromatic nitrogens is 1. The van der Waals surface area contributed by atoms with Gasteiger partial charge in [-0.3, -0.25) is 14.6 Å².